The Balaban J connectivity index is 1.51. The highest BCUT2D eigenvalue weighted by Gasteiger charge is 2.11. The van der Waals surface area contributed by atoms with Crippen molar-refractivity contribution in [2.45, 2.75) is 13.5 Å². The maximum atomic E-state index is 12.9. The maximum Gasteiger partial charge on any atom is 0.274 e. The van der Waals surface area contributed by atoms with E-state index in [1.165, 1.54) is 4.57 Å². The molecule has 29 heavy (non-hydrogen) atoms. The molecule has 6 nitrogen and oxygen atoms in total. The number of hydrogen-bond acceptors (Lipinski definition) is 4. The van der Waals surface area contributed by atoms with E-state index in [-0.39, 0.29) is 18.1 Å². The second-order valence-corrected chi connectivity index (χ2v) is 6.57. The lowest BCUT2D eigenvalue weighted by Crippen LogP contribution is -2.24. The van der Waals surface area contributed by atoms with Gasteiger partial charge in [-0.3, -0.25) is 19.0 Å². The smallest absolute Gasteiger partial charge is 0.269 e. The summed E-state index contributed by atoms with van der Waals surface area (Å²) in [6.45, 7) is 2.06. The Labute approximate surface area is 167 Å². The number of carbonyl (C=O) groups is 1. The van der Waals surface area contributed by atoms with Crippen molar-refractivity contribution < 1.29 is 9.63 Å². The molecule has 0 fully saturated rings. The fourth-order valence-corrected chi connectivity index (χ4v) is 3.13. The summed E-state index contributed by atoms with van der Waals surface area (Å²) in [5.74, 6) is 0.227. The second-order valence-electron chi connectivity index (χ2n) is 6.57. The number of hydrogen-bond donors (Lipinski definition) is 1. The van der Waals surface area contributed by atoms with Gasteiger partial charge in [0.05, 0.1) is 23.2 Å². The summed E-state index contributed by atoms with van der Waals surface area (Å²) in [5, 5.41) is 0.550. The molecular weight excluding hydrogens is 366 g/mol. The van der Waals surface area contributed by atoms with Gasteiger partial charge in [0.1, 0.15) is 5.82 Å². The molecule has 4 aromatic rings. The number of rotatable bonds is 5. The zero-order chi connectivity index (χ0) is 20.2. The number of nitrogens with zero attached hydrogens (tertiary/aromatic N) is 2. The Morgan fingerprint density at radius 1 is 0.966 bits per heavy atom. The molecule has 1 amide bonds. The highest BCUT2D eigenvalue weighted by molar-refractivity contribution is 5.93. The average Bonchev–Trinajstić information content (AvgIpc) is 2.75. The van der Waals surface area contributed by atoms with Gasteiger partial charge in [-0.05, 0) is 48.9 Å². The van der Waals surface area contributed by atoms with E-state index >= 15 is 0 Å². The van der Waals surface area contributed by atoms with E-state index in [0.29, 0.717) is 28.0 Å². The van der Waals surface area contributed by atoms with Gasteiger partial charge < -0.3 is 0 Å². The minimum atomic E-state index is -0.354. The van der Waals surface area contributed by atoms with E-state index in [0.717, 1.165) is 5.56 Å². The molecule has 1 aromatic heterocycles. The van der Waals surface area contributed by atoms with Crippen LogP contribution in [0, 0.1) is 6.92 Å². The van der Waals surface area contributed by atoms with Crippen LogP contribution in [0.5, 0.6) is 0 Å². The first-order valence-electron chi connectivity index (χ1n) is 9.18. The lowest BCUT2D eigenvalue weighted by Gasteiger charge is -2.11. The zero-order valence-corrected chi connectivity index (χ0v) is 15.8. The fraction of sp³-hybridized carbons (Fsp3) is 0.0870. The second kappa shape index (κ2) is 8.08. The Kier molecular flexibility index (Phi) is 5.18. The van der Waals surface area contributed by atoms with Crippen molar-refractivity contribution in [3.05, 3.63) is 106 Å². The number of para-hydroxylation sites is 1. The first-order chi connectivity index (χ1) is 14.1. The van der Waals surface area contributed by atoms with E-state index in [4.69, 9.17) is 4.84 Å². The van der Waals surface area contributed by atoms with Crippen molar-refractivity contribution in [3.8, 4) is 5.69 Å². The molecule has 0 radical (unpaired) electrons. The molecular formula is C23H19N3O3. The number of nitrogens with one attached hydrogen (secondary N) is 1. The van der Waals surface area contributed by atoms with Crippen LogP contribution in [0.4, 0.5) is 0 Å². The van der Waals surface area contributed by atoms with E-state index < -0.39 is 0 Å². The number of carbonyl (C=O) groups excluding carboxylic acids is 1. The Morgan fingerprint density at radius 3 is 2.41 bits per heavy atom. The van der Waals surface area contributed by atoms with Crippen LogP contribution < -0.4 is 11.0 Å². The number of benzene rings is 3. The number of hydroxylamine groups is 1. The highest BCUT2D eigenvalue weighted by atomic mass is 16.6. The summed E-state index contributed by atoms with van der Waals surface area (Å²) in [7, 11) is 0. The third kappa shape index (κ3) is 3.93. The minimum Gasteiger partial charge on any atom is -0.269 e. The van der Waals surface area contributed by atoms with Gasteiger partial charge in [0.2, 0.25) is 0 Å². The van der Waals surface area contributed by atoms with Crippen LogP contribution in [0.25, 0.3) is 16.6 Å². The molecule has 0 saturated heterocycles. The van der Waals surface area contributed by atoms with Crippen LogP contribution in [0.1, 0.15) is 21.7 Å². The molecule has 6 heteroatoms. The standard InChI is InChI=1S/C23H19N3O3/c1-16-24-21-10-6-5-9-20(21)23(28)26(16)19-13-11-18(12-14-19)22(27)25-29-15-17-7-3-2-4-8-17/h2-14H,15H2,1H3,(H,25,27). The number of aromatic nitrogens is 2. The summed E-state index contributed by atoms with van der Waals surface area (Å²) in [5.41, 5.74) is 4.99. The van der Waals surface area contributed by atoms with Gasteiger partial charge >= 0.3 is 0 Å². The number of fused-ring (bicyclic) bond motifs is 1. The fourth-order valence-electron chi connectivity index (χ4n) is 3.13. The van der Waals surface area contributed by atoms with Crippen LogP contribution in [-0.4, -0.2) is 15.5 Å². The van der Waals surface area contributed by atoms with E-state index in [2.05, 4.69) is 10.5 Å². The van der Waals surface area contributed by atoms with Gasteiger partial charge in [-0.1, -0.05) is 42.5 Å². The van der Waals surface area contributed by atoms with E-state index in [9.17, 15) is 9.59 Å². The third-order valence-corrected chi connectivity index (χ3v) is 4.58. The van der Waals surface area contributed by atoms with E-state index in [1.54, 1.807) is 37.3 Å². The van der Waals surface area contributed by atoms with Crippen LogP contribution in [0.2, 0.25) is 0 Å². The Bertz CT molecular complexity index is 1220. The molecule has 144 valence electrons. The van der Waals surface area contributed by atoms with Gasteiger partial charge in [0.15, 0.2) is 0 Å². The van der Waals surface area contributed by atoms with Gasteiger partial charge in [0.25, 0.3) is 11.5 Å². The molecule has 3 aromatic carbocycles. The largest absolute Gasteiger partial charge is 0.274 e. The summed E-state index contributed by atoms with van der Waals surface area (Å²) >= 11 is 0. The van der Waals surface area contributed by atoms with Crippen molar-refractivity contribution in [2.75, 3.05) is 0 Å². The van der Waals surface area contributed by atoms with Crippen LogP contribution in [0.15, 0.2) is 83.7 Å². The lowest BCUT2D eigenvalue weighted by atomic mass is 10.2. The molecule has 0 unspecified atom stereocenters. The summed E-state index contributed by atoms with van der Waals surface area (Å²) in [4.78, 5) is 34.9. The molecule has 0 saturated carbocycles. The molecule has 0 aliphatic carbocycles. The molecule has 4 rings (SSSR count). The highest BCUT2D eigenvalue weighted by Crippen LogP contribution is 2.13. The van der Waals surface area contributed by atoms with Gasteiger partial charge in [0, 0.05) is 5.56 Å². The van der Waals surface area contributed by atoms with Crippen LogP contribution in [0.3, 0.4) is 0 Å². The molecule has 0 atom stereocenters. The average molecular weight is 385 g/mol. The van der Waals surface area contributed by atoms with Crippen molar-refractivity contribution in [2.24, 2.45) is 0 Å². The predicted molar refractivity (Wildman–Crippen MR) is 111 cm³/mol. The van der Waals surface area contributed by atoms with Crippen molar-refractivity contribution in [1.82, 2.24) is 15.0 Å². The summed E-state index contributed by atoms with van der Waals surface area (Å²) < 4.78 is 1.54. The monoisotopic (exact) mass is 385 g/mol. The van der Waals surface area contributed by atoms with E-state index in [1.807, 2.05) is 48.5 Å². The maximum absolute atomic E-state index is 12.9. The topological polar surface area (TPSA) is 73.2 Å². The van der Waals surface area contributed by atoms with Crippen molar-refractivity contribution >= 4 is 16.8 Å². The zero-order valence-electron chi connectivity index (χ0n) is 15.8. The minimum absolute atomic E-state index is 0.142. The van der Waals surface area contributed by atoms with Crippen LogP contribution >= 0.6 is 0 Å². The lowest BCUT2D eigenvalue weighted by molar-refractivity contribution is 0.0233. The van der Waals surface area contributed by atoms with Crippen molar-refractivity contribution in [1.29, 1.82) is 0 Å². The molecule has 0 spiro atoms. The van der Waals surface area contributed by atoms with Crippen LogP contribution in [-0.2, 0) is 11.4 Å². The Morgan fingerprint density at radius 2 is 1.66 bits per heavy atom. The molecule has 1 N–H and O–H groups in total. The number of aryl methyl sites for hydroxylation is 1. The first-order valence-corrected chi connectivity index (χ1v) is 9.18. The quantitative estimate of drug-likeness (QED) is 0.533. The van der Waals surface area contributed by atoms with Gasteiger partial charge in [-0.2, -0.15) is 0 Å². The number of amides is 1. The van der Waals surface area contributed by atoms with Crippen molar-refractivity contribution in [3.63, 3.8) is 0 Å². The predicted octanol–water partition coefficient (Wildman–Crippen LogP) is 3.56. The Hall–Kier alpha value is -3.77. The third-order valence-electron chi connectivity index (χ3n) is 4.58. The first kappa shape index (κ1) is 18.6. The normalized spacial score (nSPS) is 10.8. The van der Waals surface area contributed by atoms with Gasteiger partial charge in [-0.15, -0.1) is 0 Å². The molecule has 1 heterocycles. The molecule has 0 aliphatic heterocycles. The summed E-state index contributed by atoms with van der Waals surface area (Å²) in [6.07, 6.45) is 0. The van der Waals surface area contributed by atoms with Gasteiger partial charge in [-0.25, -0.2) is 10.5 Å². The SMILES string of the molecule is Cc1nc2ccccc2c(=O)n1-c1ccc(C(=O)NOCc2ccccc2)cc1. The molecule has 0 bridgehead atoms. The summed E-state index contributed by atoms with van der Waals surface area (Å²) in [6, 6.07) is 23.5. The molecule has 0 aliphatic rings.